The highest BCUT2D eigenvalue weighted by Crippen LogP contribution is 2.06. The van der Waals surface area contributed by atoms with E-state index < -0.39 is 0 Å². The summed E-state index contributed by atoms with van der Waals surface area (Å²) in [6, 6.07) is 0. The highest BCUT2D eigenvalue weighted by molar-refractivity contribution is 14.1. The van der Waals surface area contributed by atoms with Crippen molar-refractivity contribution in [2.75, 3.05) is 24.2 Å². The third-order valence-corrected chi connectivity index (χ3v) is 1.94. The molecule has 0 saturated carbocycles. The van der Waals surface area contributed by atoms with Gasteiger partial charge in [0.15, 0.2) is 0 Å². The Morgan fingerprint density at radius 3 is 2.89 bits per heavy atom. The second-order valence-electron chi connectivity index (χ2n) is 2.05. The van der Waals surface area contributed by atoms with Crippen molar-refractivity contribution in [2.45, 2.75) is 12.5 Å². The molecule has 0 aromatic carbocycles. The SMILES string of the molecule is ICC[C@@H]1COCCO1. The molecule has 1 atom stereocenters. The van der Waals surface area contributed by atoms with Gasteiger partial charge >= 0.3 is 0 Å². The van der Waals surface area contributed by atoms with Crippen molar-refractivity contribution >= 4 is 22.6 Å². The molecule has 1 rings (SSSR count). The summed E-state index contributed by atoms with van der Waals surface area (Å²) >= 11 is 2.35. The molecule has 1 aliphatic heterocycles. The first kappa shape index (κ1) is 7.75. The van der Waals surface area contributed by atoms with Crippen molar-refractivity contribution in [3.8, 4) is 0 Å². The molecule has 0 aromatic rings. The van der Waals surface area contributed by atoms with E-state index in [0.29, 0.717) is 6.10 Å². The van der Waals surface area contributed by atoms with Crippen molar-refractivity contribution in [1.29, 1.82) is 0 Å². The Kier molecular flexibility index (Phi) is 3.85. The maximum atomic E-state index is 5.39. The summed E-state index contributed by atoms with van der Waals surface area (Å²) in [6.07, 6.45) is 1.50. The first-order chi connectivity index (χ1) is 4.43. The van der Waals surface area contributed by atoms with E-state index in [4.69, 9.17) is 9.47 Å². The van der Waals surface area contributed by atoms with Crippen LogP contribution in [0.1, 0.15) is 6.42 Å². The molecule has 1 fully saturated rings. The van der Waals surface area contributed by atoms with E-state index in [9.17, 15) is 0 Å². The smallest absolute Gasteiger partial charge is 0.0817 e. The molecule has 0 bridgehead atoms. The normalized spacial score (nSPS) is 28.3. The largest absolute Gasteiger partial charge is 0.376 e. The summed E-state index contributed by atoms with van der Waals surface area (Å²) < 4.78 is 11.8. The van der Waals surface area contributed by atoms with Crippen LogP contribution in [-0.2, 0) is 9.47 Å². The van der Waals surface area contributed by atoms with Gasteiger partial charge in [0.2, 0.25) is 0 Å². The maximum Gasteiger partial charge on any atom is 0.0817 e. The molecular weight excluding hydrogens is 231 g/mol. The van der Waals surface area contributed by atoms with Gasteiger partial charge in [-0.2, -0.15) is 0 Å². The molecule has 0 unspecified atom stereocenters. The average molecular weight is 242 g/mol. The molecule has 0 amide bonds. The lowest BCUT2D eigenvalue weighted by Gasteiger charge is -2.21. The number of halogens is 1. The predicted molar refractivity (Wildman–Crippen MR) is 44.1 cm³/mol. The second-order valence-corrected chi connectivity index (χ2v) is 3.12. The molecule has 0 aromatic heterocycles. The van der Waals surface area contributed by atoms with E-state index in [1.165, 1.54) is 0 Å². The summed E-state index contributed by atoms with van der Waals surface area (Å²) in [5.41, 5.74) is 0. The Bertz CT molecular complexity index is 68.7. The molecule has 9 heavy (non-hydrogen) atoms. The van der Waals surface area contributed by atoms with Crippen LogP contribution in [0.4, 0.5) is 0 Å². The summed E-state index contributed by atoms with van der Waals surface area (Å²) in [6.45, 7) is 2.35. The fraction of sp³-hybridized carbons (Fsp3) is 1.00. The molecule has 1 saturated heterocycles. The minimum absolute atomic E-state index is 0.371. The highest BCUT2D eigenvalue weighted by Gasteiger charge is 2.12. The first-order valence-electron chi connectivity index (χ1n) is 3.19. The van der Waals surface area contributed by atoms with Crippen LogP contribution in [0.3, 0.4) is 0 Å². The molecule has 2 nitrogen and oxygen atoms in total. The van der Waals surface area contributed by atoms with E-state index in [-0.39, 0.29) is 0 Å². The minimum atomic E-state index is 0.371. The number of hydrogen-bond donors (Lipinski definition) is 0. The lowest BCUT2D eigenvalue weighted by molar-refractivity contribution is -0.0880. The molecule has 0 radical (unpaired) electrons. The molecule has 0 N–H and O–H groups in total. The van der Waals surface area contributed by atoms with E-state index in [0.717, 1.165) is 30.7 Å². The molecule has 54 valence electrons. The summed E-state index contributed by atoms with van der Waals surface area (Å²) in [5.74, 6) is 0. The number of alkyl halides is 1. The summed E-state index contributed by atoms with van der Waals surface area (Å²) in [4.78, 5) is 0. The highest BCUT2D eigenvalue weighted by atomic mass is 127. The lowest BCUT2D eigenvalue weighted by Crippen LogP contribution is -2.28. The van der Waals surface area contributed by atoms with Crippen LogP contribution in [0.25, 0.3) is 0 Å². The fourth-order valence-electron chi connectivity index (χ4n) is 0.825. The van der Waals surface area contributed by atoms with Crippen molar-refractivity contribution in [3.05, 3.63) is 0 Å². The van der Waals surface area contributed by atoms with Gasteiger partial charge < -0.3 is 9.47 Å². The maximum absolute atomic E-state index is 5.39. The van der Waals surface area contributed by atoms with Crippen molar-refractivity contribution in [3.63, 3.8) is 0 Å². The molecule has 0 spiro atoms. The van der Waals surface area contributed by atoms with Crippen molar-refractivity contribution in [2.24, 2.45) is 0 Å². The molecule has 0 aliphatic carbocycles. The third kappa shape index (κ3) is 2.82. The van der Waals surface area contributed by atoms with Gasteiger partial charge in [-0.3, -0.25) is 0 Å². The second kappa shape index (κ2) is 4.46. The van der Waals surface area contributed by atoms with Crippen LogP contribution in [-0.4, -0.2) is 30.4 Å². The van der Waals surface area contributed by atoms with Gasteiger partial charge in [0, 0.05) is 4.43 Å². The van der Waals surface area contributed by atoms with Gasteiger partial charge in [-0.15, -0.1) is 0 Å². The zero-order chi connectivity index (χ0) is 6.53. The van der Waals surface area contributed by atoms with E-state index in [1.807, 2.05) is 0 Å². The van der Waals surface area contributed by atoms with Gasteiger partial charge in [0.25, 0.3) is 0 Å². The lowest BCUT2D eigenvalue weighted by atomic mass is 10.3. The van der Waals surface area contributed by atoms with E-state index in [2.05, 4.69) is 22.6 Å². The van der Waals surface area contributed by atoms with Crippen LogP contribution in [0.2, 0.25) is 0 Å². The Balaban J connectivity index is 2.08. The first-order valence-corrected chi connectivity index (χ1v) is 4.71. The van der Waals surface area contributed by atoms with Crippen molar-refractivity contribution in [1.82, 2.24) is 0 Å². The molecule has 1 aliphatic rings. The standard InChI is InChI=1S/C6H11IO2/c7-2-1-6-5-8-3-4-9-6/h6H,1-5H2/t6-/m1/s1. The monoisotopic (exact) mass is 242 g/mol. The zero-order valence-electron chi connectivity index (χ0n) is 5.31. The minimum Gasteiger partial charge on any atom is -0.376 e. The van der Waals surface area contributed by atoms with E-state index in [1.54, 1.807) is 0 Å². The average Bonchev–Trinajstić information content (AvgIpc) is 1.91. The fourth-order valence-corrected chi connectivity index (χ4v) is 1.52. The number of rotatable bonds is 2. The van der Waals surface area contributed by atoms with E-state index >= 15 is 0 Å². The quantitative estimate of drug-likeness (QED) is 0.535. The molecule has 3 heteroatoms. The van der Waals surface area contributed by atoms with Crippen molar-refractivity contribution < 1.29 is 9.47 Å². The molecule has 1 heterocycles. The van der Waals surface area contributed by atoms with Gasteiger partial charge in [0.1, 0.15) is 0 Å². The summed E-state index contributed by atoms with van der Waals surface area (Å²) in [7, 11) is 0. The zero-order valence-corrected chi connectivity index (χ0v) is 7.46. The third-order valence-electron chi connectivity index (χ3n) is 1.32. The Morgan fingerprint density at radius 1 is 1.44 bits per heavy atom. The van der Waals surface area contributed by atoms with Gasteiger partial charge in [-0.05, 0) is 6.42 Å². The Hall–Kier alpha value is 0.650. The van der Waals surface area contributed by atoms with Crippen LogP contribution in [0.5, 0.6) is 0 Å². The number of ether oxygens (including phenoxy) is 2. The van der Waals surface area contributed by atoms with Gasteiger partial charge in [0.05, 0.1) is 25.9 Å². The Morgan fingerprint density at radius 2 is 2.33 bits per heavy atom. The van der Waals surface area contributed by atoms with Crippen LogP contribution >= 0.6 is 22.6 Å². The van der Waals surface area contributed by atoms with Gasteiger partial charge in [-0.25, -0.2) is 0 Å². The number of hydrogen-bond acceptors (Lipinski definition) is 2. The molecular formula is C6H11IO2. The van der Waals surface area contributed by atoms with Crippen LogP contribution < -0.4 is 0 Å². The topological polar surface area (TPSA) is 18.5 Å². The summed E-state index contributed by atoms with van der Waals surface area (Å²) in [5, 5.41) is 0. The van der Waals surface area contributed by atoms with Crippen LogP contribution in [0.15, 0.2) is 0 Å². The van der Waals surface area contributed by atoms with Gasteiger partial charge in [-0.1, -0.05) is 22.6 Å². The predicted octanol–water partition coefficient (Wildman–Crippen LogP) is 1.23. The Labute approximate surface area is 69.0 Å². The van der Waals surface area contributed by atoms with Crippen LogP contribution in [0, 0.1) is 0 Å².